The summed E-state index contributed by atoms with van der Waals surface area (Å²) in [5.74, 6) is -0.327. The summed E-state index contributed by atoms with van der Waals surface area (Å²) < 4.78 is 16.6. The molecule has 0 saturated carbocycles. The smallest absolute Gasteiger partial charge is 0.129 e. The standard InChI is InChI=1S/C13H14BrClFN3/c1-3-17-12(13-8(14)7-18-19(13)2)11-9(15)5-4-6-10(11)16/h4-7,12,17H,3H2,1-2H3. The molecule has 0 bridgehead atoms. The van der Waals surface area contributed by atoms with Crippen LogP contribution in [0.5, 0.6) is 0 Å². The second kappa shape index (κ2) is 6.03. The second-order valence-corrected chi connectivity index (χ2v) is 5.39. The van der Waals surface area contributed by atoms with Crippen molar-refractivity contribution in [1.82, 2.24) is 15.1 Å². The molecule has 0 aliphatic rings. The van der Waals surface area contributed by atoms with Gasteiger partial charge < -0.3 is 5.32 Å². The van der Waals surface area contributed by atoms with Crippen LogP contribution in [0, 0.1) is 5.82 Å². The van der Waals surface area contributed by atoms with Gasteiger partial charge in [0.2, 0.25) is 0 Å². The average molecular weight is 347 g/mol. The number of hydrogen-bond acceptors (Lipinski definition) is 2. The van der Waals surface area contributed by atoms with E-state index in [1.54, 1.807) is 23.0 Å². The van der Waals surface area contributed by atoms with Crippen LogP contribution in [0.4, 0.5) is 4.39 Å². The van der Waals surface area contributed by atoms with Crippen LogP contribution in [0.25, 0.3) is 0 Å². The molecule has 1 unspecified atom stereocenters. The highest BCUT2D eigenvalue weighted by Gasteiger charge is 2.24. The van der Waals surface area contributed by atoms with Gasteiger partial charge in [-0.1, -0.05) is 24.6 Å². The lowest BCUT2D eigenvalue weighted by Gasteiger charge is -2.21. The van der Waals surface area contributed by atoms with Crippen LogP contribution in [0.2, 0.25) is 5.02 Å². The van der Waals surface area contributed by atoms with Crippen molar-refractivity contribution in [1.29, 1.82) is 0 Å². The first-order valence-electron chi connectivity index (χ1n) is 5.91. The number of nitrogens with zero attached hydrogens (tertiary/aromatic N) is 2. The maximum atomic E-state index is 14.1. The van der Waals surface area contributed by atoms with E-state index in [0.29, 0.717) is 17.1 Å². The van der Waals surface area contributed by atoms with Crippen molar-refractivity contribution in [3.05, 3.63) is 51.0 Å². The quantitative estimate of drug-likeness (QED) is 0.915. The number of hydrogen-bond donors (Lipinski definition) is 1. The van der Waals surface area contributed by atoms with Crippen molar-refractivity contribution >= 4 is 27.5 Å². The zero-order valence-corrected chi connectivity index (χ0v) is 13.0. The Bertz CT molecular complexity index is 546. The maximum Gasteiger partial charge on any atom is 0.129 e. The molecule has 1 atom stereocenters. The van der Waals surface area contributed by atoms with Gasteiger partial charge in [0.05, 0.1) is 22.4 Å². The first-order valence-corrected chi connectivity index (χ1v) is 7.08. The van der Waals surface area contributed by atoms with E-state index in [2.05, 4.69) is 26.3 Å². The normalized spacial score (nSPS) is 12.7. The van der Waals surface area contributed by atoms with E-state index in [1.807, 2.05) is 14.0 Å². The molecule has 1 aromatic carbocycles. The first-order chi connectivity index (χ1) is 9.06. The molecule has 0 amide bonds. The zero-order chi connectivity index (χ0) is 14.0. The van der Waals surface area contributed by atoms with Gasteiger partial charge >= 0.3 is 0 Å². The summed E-state index contributed by atoms with van der Waals surface area (Å²) in [6.07, 6.45) is 1.69. The molecule has 1 aromatic heterocycles. The number of halogens is 3. The van der Waals surface area contributed by atoms with Gasteiger partial charge in [0, 0.05) is 17.6 Å². The Morgan fingerprint density at radius 2 is 2.26 bits per heavy atom. The van der Waals surface area contributed by atoms with Gasteiger partial charge in [-0.25, -0.2) is 4.39 Å². The third-order valence-corrected chi connectivity index (χ3v) is 3.85. The van der Waals surface area contributed by atoms with Gasteiger partial charge in [-0.3, -0.25) is 4.68 Å². The number of aromatic nitrogens is 2. The van der Waals surface area contributed by atoms with Crippen LogP contribution >= 0.6 is 27.5 Å². The molecule has 0 radical (unpaired) electrons. The van der Waals surface area contributed by atoms with Gasteiger partial charge in [-0.15, -0.1) is 0 Å². The summed E-state index contributed by atoms with van der Waals surface area (Å²) in [6.45, 7) is 2.65. The Morgan fingerprint density at radius 3 is 2.79 bits per heavy atom. The Labute approximate surface area is 124 Å². The lowest BCUT2D eigenvalue weighted by molar-refractivity contribution is 0.531. The molecule has 2 aromatic rings. The van der Waals surface area contributed by atoms with E-state index in [1.165, 1.54) is 6.07 Å². The average Bonchev–Trinajstić information content (AvgIpc) is 2.68. The van der Waals surface area contributed by atoms with Crippen molar-refractivity contribution in [2.75, 3.05) is 6.54 Å². The van der Waals surface area contributed by atoms with Gasteiger partial charge in [0.15, 0.2) is 0 Å². The molecule has 0 fully saturated rings. The van der Waals surface area contributed by atoms with Crippen LogP contribution in [-0.4, -0.2) is 16.3 Å². The fourth-order valence-electron chi connectivity index (χ4n) is 2.07. The van der Waals surface area contributed by atoms with Crippen LogP contribution in [0.15, 0.2) is 28.9 Å². The minimum atomic E-state index is -0.347. The molecular weight excluding hydrogens is 333 g/mol. The number of benzene rings is 1. The maximum absolute atomic E-state index is 14.1. The molecule has 0 spiro atoms. The molecule has 3 nitrogen and oxygen atoms in total. The fourth-order valence-corrected chi connectivity index (χ4v) is 2.92. The minimum absolute atomic E-state index is 0.327. The van der Waals surface area contributed by atoms with Crippen LogP contribution < -0.4 is 5.32 Å². The Balaban J connectivity index is 2.58. The van der Waals surface area contributed by atoms with Crippen molar-refractivity contribution in [2.45, 2.75) is 13.0 Å². The number of rotatable bonds is 4. The monoisotopic (exact) mass is 345 g/mol. The van der Waals surface area contributed by atoms with Crippen LogP contribution in [0.3, 0.4) is 0 Å². The van der Waals surface area contributed by atoms with Crippen molar-refractivity contribution < 1.29 is 4.39 Å². The summed E-state index contributed by atoms with van der Waals surface area (Å²) in [5.41, 5.74) is 1.28. The van der Waals surface area contributed by atoms with E-state index >= 15 is 0 Å². The Kier molecular flexibility index (Phi) is 4.60. The van der Waals surface area contributed by atoms with Crippen molar-refractivity contribution in [2.24, 2.45) is 7.05 Å². The topological polar surface area (TPSA) is 29.9 Å². The highest BCUT2D eigenvalue weighted by atomic mass is 79.9. The predicted octanol–water partition coefficient (Wildman–Crippen LogP) is 3.67. The lowest BCUT2D eigenvalue weighted by Crippen LogP contribution is -2.26. The summed E-state index contributed by atoms with van der Waals surface area (Å²) in [7, 11) is 1.82. The predicted molar refractivity (Wildman–Crippen MR) is 77.8 cm³/mol. The van der Waals surface area contributed by atoms with E-state index < -0.39 is 0 Å². The van der Waals surface area contributed by atoms with Crippen LogP contribution in [0.1, 0.15) is 24.2 Å². The van der Waals surface area contributed by atoms with Crippen molar-refractivity contribution in [3.8, 4) is 0 Å². The SMILES string of the molecule is CCNC(c1c(F)cccc1Cl)c1c(Br)cnn1C. The first kappa shape index (κ1) is 14.5. The van der Waals surface area contributed by atoms with Crippen LogP contribution in [-0.2, 0) is 7.05 Å². The van der Waals surface area contributed by atoms with Gasteiger partial charge in [0.25, 0.3) is 0 Å². The van der Waals surface area contributed by atoms with E-state index in [0.717, 1.165) is 10.2 Å². The second-order valence-electron chi connectivity index (χ2n) is 4.13. The summed E-state index contributed by atoms with van der Waals surface area (Å²) in [4.78, 5) is 0. The van der Waals surface area contributed by atoms with Gasteiger partial charge in [0.1, 0.15) is 5.82 Å². The molecule has 19 heavy (non-hydrogen) atoms. The molecule has 6 heteroatoms. The molecule has 0 aliphatic carbocycles. The molecule has 2 rings (SSSR count). The summed E-state index contributed by atoms with van der Waals surface area (Å²) in [5, 5.41) is 7.82. The number of nitrogens with one attached hydrogen (secondary N) is 1. The van der Waals surface area contributed by atoms with E-state index in [9.17, 15) is 4.39 Å². The van der Waals surface area contributed by atoms with E-state index in [4.69, 9.17) is 11.6 Å². The van der Waals surface area contributed by atoms with Gasteiger partial charge in [-0.05, 0) is 34.6 Å². The summed E-state index contributed by atoms with van der Waals surface area (Å²) in [6, 6.07) is 4.35. The largest absolute Gasteiger partial charge is 0.305 e. The zero-order valence-electron chi connectivity index (χ0n) is 10.6. The molecular formula is C13H14BrClFN3. The number of aryl methyl sites for hydroxylation is 1. The third kappa shape index (κ3) is 2.83. The molecule has 1 N–H and O–H groups in total. The third-order valence-electron chi connectivity index (χ3n) is 2.91. The lowest BCUT2D eigenvalue weighted by atomic mass is 10.0. The fraction of sp³-hybridized carbons (Fsp3) is 0.308. The molecule has 1 heterocycles. The molecule has 0 aliphatic heterocycles. The van der Waals surface area contributed by atoms with Gasteiger partial charge in [-0.2, -0.15) is 5.10 Å². The molecule has 0 saturated heterocycles. The minimum Gasteiger partial charge on any atom is -0.305 e. The van der Waals surface area contributed by atoms with Crippen molar-refractivity contribution in [3.63, 3.8) is 0 Å². The summed E-state index contributed by atoms with van der Waals surface area (Å²) >= 11 is 9.60. The highest BCUT2D eigenvalue weighted by Crippen LogP contribution is 2.33. The Morgan fingerprint density at radius 1 is 1.53 bits per heavy atom. The Hall–Kier alpha value is -0.910. The van der Waals surface area contributed by atoms with E-state index in [-0.39, 0.29) is 11.9 Å². The molecule has 102 valence electrons. The highest BCUT2D eigenvalue weighted by molar-refractivity contribution is 9.10.